The van der Waals surface area contributed by atoms with E-state index < -0.39 is 0 Å². The van der Waals surface area contributed by atoms with Crippen molar-refractivity contribution in [1.29, 1.82) is 0 Å². The Bertz CT molecular complexity index is 1050. The van der Waals surface area contributed by atoms with Crippen LogP contribution in [0.3, 0.4) is 0 Å². The topological polar surface area (TPSA) is 20.2 Å². The highest BCUT2D eigenvalue weighted by atomic mass is 19.1. The van der Waals surface area contributed by atoms with Crippen LogP contribution >= 0.6 is 0 Å². The van der Waals surface area contributed by atoms with Gasteiger partial charge < -0.3 is 5.11 Å². The molecule has 2 unspecified atom stereocenters. The van der Waals surface area contributed by atoms with Crippen molar-refractivity contribution >= 4 is 10.8 Å². The molecular formula is C27H29FO. The second kappa shape index (κ2) is 6.86. The Balaban J connectivity index is 1.73. The summed E-state index contributed by atoms with van der Waals surface area (Å²) in [5.74, 6) is 2.00. The molecule has 2 fully saturated rings. The van der Waals surface area contributed by atoms with Gasteiger partial charge in [0.25, 0.3) is 0 Å². The summed E-state index contributed by atoms with van der Waals surface area (Å²) in [5, 5.41) is 12.9. The SMILES string of the molecule is CC1CC2CC(C)CC(c3cccc(F)c3-c3ccc4ccccc4c3O)(C1)C2. The number of halogens is 1. The Labute approximate surface area is 172 Å². The minimum absolute atomic E-state index is 0.00944. The number of phenolic OH excluding ortho intramolecular Hbond substituents is 1. The molecule has 1 nitrogen and oxygen atoms in total. The molecule has 2 heteroatoms. The lowest BCUT2D eigenvalue weighted by molar-refractivity contribution is 0.0782. The van der Waals surface area contributed by atoms with Crippen LogP contribution in [-0.4, -0.2) is 5.11 Å². The third-order valence-electron chi connectivity index (χ3n) is 7.38. The summed E-state index contributed by atoms with van der Waals surface area (Å²) in [4.78, 5) is 0. The zero-order valence-corrected chi connectivity index (χ0v) is 17.3. The summed E-state index contributed by atoms with van der Waals surface area (Å²) < 4.78 is 15.4. The van der Waals surface area contributed by atoms with Crippen molar-refractivity contribution in [2.24, 2.45) is 17.8 Å². The molecule has 0 aliphatic heterocycles. The maximum Gasteiger partial charge on any atom is 0.131 e. The lowest BCUT2D eigenvalue weighted by Crippen LogP contribution is -2.42. The summed E-state index contributed by atoms with van der Waals surface area (Å²) >= 11 is 0. The third-order valence-corrected chi connectivity index (χ3v) is 7.38. The fraction of sp³-hybridized carbons (Fsp3) is 0.407. The normalized spacial score (nSPS) is 29.1. The van der Waals surface area contributed by atoms with Gasteiger partial charge in [0.05, 0.1) is 0 Å². The molecule has 29 heavy (non-hydrogen) atoms. The van der Waals surface area contributed by atoms with E-state index in [1.165, 1.54) is 12.8 Å². The third kappa shape index (κ3) is 3.04. The van der Waals surface area contributed by atoms with Crippen LogP contribution < -0.4 is 0 Å². The van der Waals surface area contributed by atoms with Crippen molar-refractivity contribution in [3.63, 3.8) is 0 Å². The maximum atomic E-state index is 15.4. The number of fused-ring (bicyclic) bond motifs is 3. The van der Waals surface area contributed by atoms with Crippen LogP contribution in [0, 0.1) is 23.6 Å². The van der Waals surface area contributed by atoms with Gasteiger partial charge in [0, 0.05) is 16.5 Å². The Morgan fingerprint density at radius 3 is 2.34 bits per heavy atom. The smallest absolute Gasteiger partial charge is 0.131 e. The number of hydrogen-bond acceptors (Lipinski definition) is 1. The van der Waals surface area contributed by atoms with E-state index in [-0.39, 0.29) is 17.0 Å². The van der Waals surface area contributed by atoms with Crippen LogP contribution in [-0.2, 0) is 5.41 Å². The highest BCUT2D eigenvalue weighted by Crippen LogP contribution is 2.56. The molecule has 1 N–H and O–H groups in total. The van der Waals surface area contributed by atoms with Crippen LogP contribution in [0.4, 0.5) is 4.39 Å². The molecule has 0 spiro atoms. The molecule has 0 saturated heterocycles. The molecule has 0 amide bonds. The predicted octanol–water partition coefficient (Wildman–Crippen LogP) is 7.46. The lowest BCUT2D eigenvalue weighted by atomic mass is 9.54. The highest BCUT2D eigenvalue weighted by Gasteiger charge is 2.46. The van der Waals surface area contributed by atoms with E-state index in [1.807, 2.05) is 42.5 Å². The lowest BCUT2D eigenvalue weighted by Gasteiger charge is -2.51. The standard InChI is InChI=1S/C27H29FO/c1-17-12-19-13-18(2)15-27(14-17,16-19)23-8-5-9-24(28)25(23)22-11-10-20-6-3-4-7-21(20)26(22)29/h3-11,17-19,29H,12-16H2,1-2H3. The average molecular weight is 389 g/mol. The molecule has 0 radical (unpaired) electrons. The second-order valence-electron chi connectivity index (χ2n) is 9.79. The summed E-state index contributed by atoms with van der Waals surface area (Å²) in [6.45, 7) is 4.70. The molecular weight excluding hydrogens is 359 g/mol. The number of rotatable bonds is 2. The first-order valence-electron chi connectivity index (χ1n) is 11.0. The zero-order valence-electron chi connectivity index (χ0n) is 17.3. The van der Waals surface area contributed by atoms with Gasteiger partial charge in [-0.05, 0) is 78.4 Å². The van der Waals surface area contributed by atoms with E-state index in [4.69, 9.17) is 0 Å². The minimum atomic E-state index is -0.226. The van der Waals surface area contributed by atoms with E-state index in [9.17, 15) is 5.11 Å². The Morgan fingerprint density at radius 1 is 0.862 bits per heavy atom. The molecule has 2 aliphatic rings. The molecule has 3 aromatic carbocycles. The summed E-state index contributed by atoms with van der Waals surface area (Å²) in [6, 6.07) is 17.2. The van der Waals surface area contributed by atoms with Crippen molar-refractivity contribution in [1.82, 2.24) is 0 Å². The van der Waals surface area contributed by atoms with Crippen LogP contribution in [0.25, 0.3) is 21.9 Å². The van der Waals surface area contributed by atoms with Crippen LogP contribution in [0.1, 0.15) is 51.5 Å². The largest absolute Gasteiger partial charge is 0.507 e. The molecule has 2 aliphatic carbocycles. The number of phenols is 1. The zero-order chi connectivity index (χ0) is 20.2. The molecule has 5 rings (SSSR count). The minimum Gasteiger partial charge on any atom is -0.507 e. The number of benzene rings is 3. The van der Waals surface area contributed by atoms with E-state index in [1.54, 1.807) is 6.07 Å². The second-order valence-corrected chi connectivity index (χ2v) is 9.79. The van der Waals surface area contributed by atoms with Gasteiger partial charge in [0.15, 0.2) is 0 Å². The van der Waals surface area contributed by atoms with Gasteiger partial charge in [-0.15, -0.1) is 0 Å². The van der Waals surface area contributed by atoms with Gasteiger partial charge in [-0.3, -0.25) is 0 Å². The molecule has 2 bridgehead atoms. The molecule has 150 valence electrons. The molecule has 3 aromatic rings. The van der Waals surface area contributed by atoms with Crippen LogP contribution in [0.15, 0.2) is 54.6 Å². The van der Waals surface area contributed by atoms with Crippen molar-refractivity contribution in [2.45, 2.75) is 51.4 Å². The molecule has 2 atom stereocenters. The van der Waals surface area contributed by atoms with Crippen molar-refractivity contribution in [3.8, 4) is 16.9 Å². The number of hydrogen-bond donors (Lipinski definition) is 1. The Kier molecular flexibility index (Phi) is 4.42. The first-order chi connectivity index (χ1) is 14.0. The van der Waals surface area contributed by atoms with E-state index in [2.05, 4.69) is 19.9 Å². The first-order valence-corrected chi connectivity index (χ1v) is 11.0. The van der Waals surface area contributed by atoms with Crippen molar-refractivity contribution in [2.75, 3.05) is 0 Å². The average Bonchev–Trinajstić information content (AvgIpc) is 2.67. The summed E-state index contributed by atoms with van der Waals surface area (Å²) in [7, 11) is 0. The Hall–Kier alpha value is -2.35. The fourth-order valence-corrected chi connectivity index (χ4v) is 6.73. The van der Waals surface area contributed by atoms with Crippen LogP contribution in [0.2, 0.25) is 0 Å². The number of aromatic hydroxyl groups is 1. The van der Waals surface area contributed by atoms with Gasteiger partial charge >= 0.3 is 0 Å². The van der Waals surface area contributed by atoms with Crippen molar-refractivity contribution in [3.05, 3.63) is 66.0 Å². The van der Waals surface area contributed by atoms with E-state index >= 15 is 4.39 Å². The molecule has 0 heterocycles. The van der Waals surface area contributed by atoms with Gasteiger partial charge in [-0.25, -0.2) is 4.39 Å². The first kappa shape index (κ1) is 18.7. The summed E-state index contributed by atoms with van der Waals surface area (Å²) in [6.07, 6.45) is 5.94. The quantitative estimate of drug-likeness (QED) is 0.483. The monoisotopic (exact) mass is 388 g/mol. The van der Waals surface area contributed by atoms with Gasteiger partial charge in [0.2, 0.25) is 0 Å². The molecule has 0 aromatic heterocycles. The van der Waals surface area contributed by atoms with E-state index in [0.29, 0.717) is 23.0 Å². The fourth-order valence-electron chi connectivity index (χ4n) is 6.73. The Morgan fingerprint density at radius 2 is 1.59 bits per heavy atom. The van der Waals surface area contributed by atoms with E-state index in [0.717, 1.165) is 41.5 Å². The highest BCUT2D eigenvalue weighted by molar-refractivity contribution is 5.95. The van der Waals surface area contributed by atoms with Crippen LogP contribution in [0.5, 0.6) is 5.75 Å². The van der Waals surface area contributed by atoms with Gasteiger partial charge in [-0.2, -0.15) is 0 Å². The molecule has 2 saturated carbocycles. The van der Waals surface area contributed by atoms with Gasteiger partial charge in [-0.1, -0.05) is 56.3 Å². The van der Waals surface area contributed by atoms with Crippen molar-refractivity contribution < 1.29 is 9.50 Å². The predicted molar refractivity (Wildman–Crippen MR) is 118 cm³/mol. The maximum absolute atomic E-state index is 15.4. The van der Waals surface area contributed by atoms with Gasteiger partial charge in [0.1, 0.15) is 11.6 Å². The summed E-state index contributed by atoms with van der Waals surface area (Å²) in [5.41, 5.74) is 2.35.